The number of likely N-dealkylation sites (N-methyl/N-ethyl adjacent to an activating group) is 1. The summed E-state index contributed by atoms with van der Waals surface area (Å²) >= 11 is 0. The van der Waals surface area contributed by atoms with Gasteiger partial charge in [-0.2, -0.15) is 0 Å². The second kappa shape index (κ2) is 5.21. The van der Waals surface area contributed by atoms with Gasteiger partial charge in [-0.3, -0.25) is 14.6 Å². The fourth-order valence-corrected chi connectivity index (χ4v) is 3.87. The molecule has 1 atom stereocenters. The molecule has 0 aromatic heterocycles. The van der Waals surface area contributed by atoms with Crippen LogP contribution in [-0.4, -0.2) is 73.7 Å². The third-order valence-corrected chi connectivity index (χ3v) is 5.45. The molecule has 1 spiro atoms. The molecule has 0 unspecified atom stereocenters. The van der Waals surface area contributed by atoms with Gasteiger partial charge >= 0.3 is 0 Å². The number of likely N-dealkylation sites (tertiary alicyclic amines) is 1. The van der Waals surface area contributed by atoms with Gasteiger partial charge in [-0.1, -0.05) is 0 Å². The Kier molecular flexibility index (Phi) is 3.47. The zero-order valence-electron chi connectivity index (χ0n) is 13.0. The van der Waals surface area contributed by atoms with Gasteiger partial charge in [-0.05, 0) is 37.5 Å². The molecule has 2 saturated heterocycles. The molecule has 2 aliphatic carbocycles. The van der Waals surface area contributed by atoms with Gasteiger partial charge in [-0.25, -0.2) is 0 Å². The first-order chi connectivity index (χ1) is 10.2. The summed E-state index contributed by atoms with van der Waals surface area (Å²) in [4.78, 5) is 17.0. The molecule has 2 heterocycles. The van der Waals surface area contributed by atoms with E-state index >= 15 is 0 Å². The third kappa shape index (κ3) is 2.96. The predicted molar refractivity (Wildman–Crippen MR) is 80.0 cm³/mol. The van der Waals surface area contributed by atoms with E-state index in [9.17, 15) is 4.79 Å². The molecule has 4 aliphatic rings. The largest absolute Gasteiger partial charge is 0.369 e. The number of nitrogens with zero attached hydrogens (tertiary/aromatic N) is 2. The van der Waals surface area contributed by atoms with E-state index in [0.717, 1.165) is 38.0 Å². The minimum atomic E-state index is -0.0845. The summed E-state index contributed by atoms with van der Waals surface area (Å²) < 4.78 is 6.16. The summed E-state index contributed by atoms with van der Waals surface area (Å²) in [5.74, 6) is 1.88. The van der Waals surface area contributed by atoms with E-state index in [4.69, 9.17) is 4.74 Å². The molecule has 118 valence electrons. The van der Waals surface area contributed by atoms with Crippen molar-refractivity contribution >= 4 is 5.91 Å². The van der Waals surface area contributed by atoms with Gasteiger partial charge in [0.2, 0.25) is 5.91 Å². The van der Waals surface area contributed by atoms with Crippen molar-refractivity contribution in [1.82, 2.24) is 15.1 Å². The van der Waals surface area contributed by atoms with Gasteiger partial charge in [-0.15, -0.1) is 0 Å². The van der Waals surface area contributed by atoms with Gasteiger partial charge in [0.25, 0.3) is 0 Å². The molecule has 5 nitrogen and oxygen atoms in total. The number of carbonyl (C=O) groups is 1. The molecule has 0 bridgehead atoms. The molecule has 4 rings (SSSR count). The van der Waals surface area contributed by atoms with Crippen molar-refractivity contribution < 1.29 is 9.53 Å². The van der Waals surface area contributed by atoms with Crippen molar-refractivity contribution in [3.8, 4) is 0 Å². The number of hydrogen-bond acceptors (Lipinski definition) is 4. The Balaban J connectivity index is 1.36. The normalized spacial score (nSPS) is 32.9. The van der Waals surface area contributed by atoms with Crippen LogP contribution < -0.4 is 5.32 Å². The summed E-state index contributed by atoms with van der Waals surface area (Å²) in [5.41, 5.74) is 0.00824. The zero-order valence-corrected chi connectivity index (χ0v) is 13.0. The molecule has 21 heavy (non-hydrogen) atoms. The van der Waals surface area contributed by atoms with Crippen molar-refractivity contribution in [2.24, 2.45) is 11.8 Å². The number of ether oxygens (including phenoxy) is 1. The number of amides is 1. The molecule has 1 N–H and O–H groups in total. The van der Waals surface area contributed by atoms with Gasteiger partial charge in [0.15, 0.2) is 0 Å². The molecular weight excluding hydrogens is 266 g/mol. The lowest BCUT2D eigenvalue weighted by atomic mass is 9.90. The first-order valence-electron chi connectivity index (χ1n) is 8.49. The number of hydrogen-bond donors (Lipinski definition) is 1. The van der Waals surface area contributed by atoms with Crippen LogP contribution in [0.15, 0.2) is 0 Å². The lowest BCUT2D eigenvalue weighted by Gasteiger charge is -2.55. The van der Waals surface area contributed by atoms with E-state index in [1.165, 1.54) is 32.2 Å². The minimum absolute atomic E-state index is 0.00824. The molecule has 5 heteroatoms. The Morgan fingerprint density at radius 2 is 1.81 bits per heavy atom. The monoisotopic (exact) mass is 293 g/mol. The highest BCUT2D eigenvalue weighted by molar-refractivity contribution is 5.81. The van der Waals surface area contributed by atoms with Crippen LogP contribution in [0.25, 0.3) is 0 Å². The van der Waals surface area contributed by atoms with Crippen LogP contribution in [0.1, 0.15) is 25.7 Å². The standard InChI is InChI=1S/C16H27N3O2/c1-17-15(20)14-8-21-16(11-19(14)7-13-4-5-13)9-18(10-16)6-12-2-3-12/h12-14H,2-11H2,1H3,(H,17,20)/t14-/m1/s1. The van der Waals surface area contributed by atoms with Crippen LogP contribution in [0, 0.1) is 11.8 Å². The average Bonchev–Trinajstić information content (AvgIpc) is 3.32. The summed E-state index contributed by atoms with van der Waals surface area (Å²) in [6.07, 6.45) is 5.49. The van der Waals surface area contributed by atoms with Crippen LogP contribution >= 0.6 is 0 Å². The molecule has 0 aromatic carbocycles. The Morgan fingerprint density at radius 3 is 2.43 bits per heavy atom. The van der Waals surface area contributed by atoms with E-state index in [-0.39, 0.29) is 17.6 Å². The van der Waals surface area contributed by atoms with E-state index in [0.29, 0.717) is 6.61 Å². The highest BCUT2D eigenvalue weighted by atomic mass is 16.5. The number of rotatable bonds is 5. The molecule has 0 aromatic rings. The fraction of sp³-hybridized carbons (Fsp3) is 0.938. The van der Waals surface area contributed by atoms with Gasteiger partial charge < -0.3 is 10.1 Å². The van der Waals surface area contributed by atoms with Crippen molar-refractivity contribution in [2.45, 2.75) is 37.3 Å². The maximum Gasteiger partial charge on any atom is 0.239 e. The number of morpholine rings is 1. The highest BCUT2D eigenvalue weighted by Crippen LogP contribution is 2.38. The van der Waals surface area contributed by atoms with E-state index in [1.807, 2.05) is 0 Å². The Morgan fingerprint density at radius 1 is 1.14 bits per heavy atom. The van der Waals surface area contributed by atoms with Crippen molar-refractivity contribution in [1.29, 1.82) is 0 Å². The van der Waals surface area contributed by atoms with Crippen LogP contribution in [0.4, 0.5) is 0 Å². The topological polar surface area (TPSA) is 44.8 Å². The molecule has 2 saturated carbocycles. The summed E-state index contributed by atoms with van der Waals surface area (Å²) in [5, 5.41) is 2.79. The first kappa shape index (κ1) is 14.0. The summed E-state index contributed by atoms with van der Waals surface area (Å²) in [6.45, 7) is 5.95. The SMILES string of the molecule is CNC(=O)[C@H]1COC2(CN(CC3CC3)C2)CN1CC1CC1. The van der Waals surface area contributed by atoms with Crippen LogP contribution in [0.5, 0.6) is 0 Å². The molecule has 1 amide bonds. The van der Waals surface area contributed by atoms with Crippen LogP contribution in [-0.2, 0) is 9.53 Å². The smallest absolute Gasteiger partial charge is 0.239 e. The van der Waals surface area contributed by atoms with E-state index in [2.05, 4.69) is 15.1 Å². The second-order valence-electron chi connectivity index (χ2n) is 7.61. The molecule has 0 radical (unpaired) electrons. The van der Waals surface area contributed by atoms with Crippen molar-refractivity contribution in [2.75, 3.05) is 46.4 Å². The fourth-order valence-electron chi connectivity index (χ4n) is 3.87. The molecule has 4 fully saturated rings. The first-order valence-corrected chi connectivity index (χ1v) is 8.49. The Hall–Kier alpha value is -0.650. The predicted octanol–water partition coefficient (Wildman–Crippen LogP) is 0.308. The minimum Gasteiger partial charge on any atom is -0.369 e. The lowest BCUT2D eigenvalue weighted by molar-refractivity contribution is -0.201. The maximum atomic E-state index is 12.1. The van der Waals surface area contributed by atoms with Gasteiger partial charge in [0, 0.05) is 39.8 Å². The third-order valence-electron chi connectivity index (χ3n) is 5.45. The second-order valence-corrected chi connectivity index (χ2v) is 7.61. The average molecular weight is 293 g/mol. The zero-order chi connectivity index (χ0) is 14.4. The van der Waals surface area contributed by atoms with Crippen LogP contribution in [0.2, 0.25) is 0 Å². The Bertz CT molecular complexity index is 414. The highest BCUT2D eigenvalue weighted by Gasteiger charge is 2.51. The van der Waals surface area contributed by atoms with Crippen molar-refractivity contribution in [3.63, 3.8) is 0 Å². The Labute approximate surface area is 127 Å². The quantitative estimate of drug-likeness (QED) is 0.792. The summed E-state index contributed by atoms with van der Waals surface area (Å²) in [6, 6.07) is -0.0845. The lowest BCUT2D eigenvalue weighted by Crippen LogP contribution is -2.73. The van der Waals surface area contributed by atoms with Gasteiger partial charge in [0.1, 0.15) is 11.6 Å². The molecule has 2 aliphatic heterocycles. The van der Waals surface area contributed by atoms with Gasteiger partial charge in [0.05, 0.1) is 6.61 Å². The summed E-state index contributed by atoms with van der Waals surface area (Å²) in [7, 11) is 1.72. The van der Waals surface area contributed by atoms with E-state index < -0.39 is 0 Å². The number of nitrogens with one attached hydrogen (secondary N) is 1. The van der Waals surface area contributed by atoms with Crippen molar-refractivity contribution in [3.05, 3.63) is 0 Å². The maximum absolute atomic E-state index is 12.1. The van der Waals surface area contributed by atoms with Crippen LogP contribution in [0.3, 0.4) is 0 Å². The number of carbonyl (C=O) groups excluding carboxylic acids is 1. The van der Waals surface area contributed by atoms with E-state index in [1.54, 1.807) is 7.05 Å². The molecular formula is C16H27N3O2.